The Hall–Kier alpha value is -1.66. The van der Waals surface area contributed by atoms with Crippen molar-refractivity contribution in [3.8, 4) is 0 Å². The van der Waals surface area contributed by atoms with Gasteiger partial charge in [0.05, 0.1) is 5.97 Å². The van der Waals surface area contributed by atoms with Crippen LogP contribution in [-0.2, 0) is 6.18 Å². The van der Waals surface area contributed by atoms with Gasteiger partial charge in [0.1, 0.15) is 11.5 Å². The molecular weight excluding hydrogens is 273 g/mol. The van der Waals surface area contributed by atoms with Crippen LogP contribution < -0.4 is 10.0 Å². The van der Waals surface area contributed by atoms with Crippen molar-refractivity contribution in [3.05, 3.63) is 16.8 Å². The number of hydrogen-bond donors (Lipinski definition) is 1. The van der Waals surface area contributed by atoms with Crippen LogP contribution in [0.2, 0.25) is 0 Å². The second kappa shape index (κ2) is 5.38. The quantitative estimate of drug-likeness (QED) is 0.907. The molecule has 0 aromatic carbocycles. The summed E-state index contributed by atoms with van der Waals surface area (Å²) < 4.78 is 38.7. The fraction of sp³-hybridized carbons (Fsp3) is 0.615. The molecule has 0 radical (unpaired) electrons. The summed E-state index contributed by atoms with van der Waals surface area (Å²) in [5.41, 5.74) is -1.69. The third-order valence-electron chi connectivity index (χ3n) is 3.64. The molecule has 1 aromatic rings. The minimum atomic E-state index is -4.60. The van der Waals surface area contributed by atoms with Gasteiger partial charge < -0.3 is 19.8 Å². The molecule has 112 valence electrons. The van der Waals surface area contributed by atoms with E-state index in [-0.39, 0.29) is 16.9 Å². The molecule has 1 aliphatic heterocycles. The summed E-state index contributed by atoms with van der Waals surface area (Å²) in [7, 11) is 0. The number of carbonyl (C=O) groups excluding carboxylic acids is 1. The number of anilines is 1. The molecule has 0 amide bonds. The molecule has 0 spiro atoms. The van der Waals surface area contributed by atoms with Crippen molar-refractivity contribution in [1.29, 1.82) is 0 Å². The monoisotopic (exact) mass is 289 g/mol. The second-order valence-electron chi connectivity index (χ2n) is 5.04. The average molecular weight is 289 g/mol. The molecule has 7 heteroatoms. The first-order valence-corrected chi connectivity index (χ1v) is 6.58. The highest BCUT2D eigenvalue weighted by atomic mass is 19.4. The molecule has 20 heavy (non-hydrogen) atoms. The Bertz CT molecular complexity index is 500. The molecule has 1 aliphatic rings. The SMILES string of the molecule is Cc1c(C(F)(F)F)[nH]c(N2CCCCCC2)c1C(=O)[O-]. The molecule has 1 saturated heterocycles. The maximum absolute atomic E-state index is 12.9. The zero-order valence-electron chi connectivity index (χ0n) is 11.1. The summed E-state index contributed by atoms with van der Waals surface area (Å²) >= 11 is 0. The lowest BCUT2D eigenvalue weighted by atomic mass is 10.1. The molecule has 0 bridgehead atoms. The zero-order valence-corrected chi connectivity index (χ0v) is 11.1. The topological polar surface area (TPSA) is 59.2 Å². The van der Waals surface area contributed by atoms with Gasteiger partial charge in [-0.1, -0.05) is 12.8 Å². The molecule has 0 saturated carbocycles. The first-order valence-electron chi connectivity index (χ1n) is 6.58. The smallest absolute Gasteiger partial charge is 0.431 e. The van der Waals surface area contributed by atoms with Gasteiger partial charge in [-0.2, -0.15) is 13.2 Å². The lowest BCUT2D eigenvalue weighted by Crippen LogP contribution is -2.30. The number of rotatable bonds is 2. The summed E-state index contributed by atoms with van der Waals surface area (Å²) in [6.07, 6.45) is -0.915. The van der Waals surface area contributed by atoms with Crippen LogP contribution in [0, 0.1) is 6.92 Å². The van der Waals surface area contributed by atoms with Crippen molar-refractivity contribution < 1.29 is 23.1 Å². The fourth-order valence-corrected chi connectivity index (χ4v) is 2.64. The predicted octanol–water partition coefficient (Wildman–Crippen LogP) is 2.09. The Labute approximate surface area is 114 Å². The van der Waals surface area contributed by atoms with Gasteiger partial charge in [0, 0.05) is 18.7 Å². The van der Waals surface area contributed by atoms with E-state index in [4.69, 9.17) is 0 Å². The minimum absolute atomic E-state index is 0.0247. The van der Waals surface area contributed by atoms with Crippen molar-refractivity contribution in [1.82, 2.24) is 4.98 Å². The molecule has 1 N–H and O–H groups in total. The number of carboxylic acid groups (broad SMARTS) is 1. The van der Waals surface area contributed by atoms with E-state index >= 15 is 0 Å². The number of nitrogens with zero attached hydrogens (tertiary/aromatic N) is 1. The largest absolute Gasteiger partial charge is 0.545 e. The van der Waals surface area contributed by atoms with Crippen LogP contribution in [0.15, 0.2) is 0 Å². The molecule has 2 heterocycles. The van der Waals surface area contributed by atoms with Crippen LogP contribution in [0.4, 0.5) is 19.0 Å². The first-order chi connectivity index (χ1) is 9.32. The summed E-state index contributed by atoms with van der Waals surface area (Å²) in [5.74, 6) is -1.55. The van der Waals surface area contributed by atoms with Gasteiger partial charge in [0.2, 0.25) is 0 Å². The van der Waals surface area contributed by atoms with Crippen LogP contribution in [-0.4, -0.2) is 24.0 Å². The Balaban J connectivity index is 2.48. The molecule has 1 fully saturated rings. The zero-order chi connectivity index (χ0) is 14.9. The summed E-state index contributed by atoms with van der Waals surface area (Å²) in [6.45, 7) is 2.26. The highest BCUT2D eigenvalue weighted by Gasteiger charge is 2.37. The van der Waals surface area contributed by atoms with E-state index in [0.717, 1.165) is 32.6 Å². The second-order valence-corrected chi connectivity index (χ2v) is 5.04. The lowest BCUT2D eigenvalue weighted by Gasteiger charge is -2.23. The highest BCUT2D eigenvalue weighted by Crippen LogP contribution is 2.37. The number of carbonyl (C=O) groups is 1. The van der Waals surface area contributed by atoms with Crippen molar-refractivity contribution in [2.45, 2.75) is 38.8 Å². The molecule has 1 aromatic heterocycles. The molecule has 0 aliphatic carbocycles. The van der Waals surface area contributed by atoms with Gasteiger partial charge in [-0.05, 0) is 25.3 Å². The van der Waals surface area contributed by atoms with Gasteiger partial charge in [0.15, 0.2) is 0 Å². The van der Waals surface area contributed by atoms with Crippen LogP contribution in [0.3, 0.4) is 0 Å². The molecule has 2 rings (SSSR count). The number of alkyl halides is 3. The van der Waals surface area contributed by atoms with Gasteiger partial charge in [-0.3, -0.25) is 0 Å². The number of H-pyrrole nitrogens is 1. The average Bonchev–Trinajstić information content (AvgIpc) is 2.53. The van der Waals surface area contributed by atoms with Crippen LogP contribution in [0.5, 0.6) is 0 Å². The maximum Gasteiger partial charge on any atom is 0.431 e. The normalized spacial score (nSPS) is 17.1. The summed E-state index contributed by atoms with van der Waals surface area (Å²) in [5, 5.41) is 11.2. The number of aromatic carboxylic acids is 1. The number of nitrogens with one attached hydrogen (secondary N) is 1. The van der Waals surface area contributed by atoms with Crippen LogP contribution in [0.1, 0.15) is 47.3 Å². The molecule has 0 atom stereocenters. The molecular formula is C13H16F3N2O2-. The molecule has 0 unspecified atom stereocenters. The Morgan fingerprint density at radius 3 is 2.20 bits per heavy atom. The van der Waals surface area contributed by atoms with E-state index in [1.165, 1.54) is 0 Å². The number of aromatic nitrogens is 1. The van der Waals surface area contributed by atoms with E-state index in [2.05, 4.69) is 4.98 Å². The van der Waals surface area contributed by atoms with E-state index in [1.807, 2.05) is 0 Å². The van der Waals surface area contributed by atoms with E-state index < -0.39 is 17.8 Å². The first kappa shape index (κ1) is 14.7. The highest BCUT2D eigenvalue weighted by molar-refractivity contribution is 5.94. The van der Waals surface area contributed by atoms with Gasteiger partial charge in [0.25, 0.3) is 0 Å². The van der Waals surface area contributed by atoms with Crippen molar-refractivity contribution in [2.24, 2.45) is 0 Å². The maximum atomic E-state index is 12.9. The summed E-state index contributed by atoms with van der Waals surface area (Å²) in [6, 6.07) is 0. The third kappa shape index (κ3) is 2.76. The summed E-state index contributed by atoms with van der Waals surface area (Å²) in [4.78, 5) is 15.1. The predicted molar refractivity (Wildman–Crippen MR) is 65.5 cm³/mol. The van der Waals surface area contributed by atoms with E-state index in [9.17, 15) is 23.1 Å². The van der Waals surface area contributed by atoms with Crippen LogP contribution in [0.25, 0.3) is 0 Å². The van der Waals surface area contributed by atoms with Crippen molar-refractivity contribution in [3.63, 3.8) is 0 Å². The van der Waals surface area contributed by atoms with Gasteiger partial charge in [-0.15, -0.1) is 0 Å². The number of carboxylic acids is 1. The Kier molecular flexibility index (Phi) is 3.96. The van der Waals surface area contributed by atoms with Crippen LogP contribution >= 0.6 is 0 Å². The van der Waals surface area contributed by atoms with E-state index in [0.29, 0.717) is 13.1 Å². The fourth-order valence-electron chi connectivity index (χ4n) is 2.64. The Morgan fingerprint density at radius 1 is 1.20 bits per heavy atom. The molecule has 4 nitrogen and oxygen atoms in total. The van der Waals surface area contributed by atoms with Gasteiger partial charge >= 0.3 is 6.18 Å². The standard InChI is InChI=1S/C13H17F3N2O2/c1-8-9(12(19)20)11(17-10(8)13(14,15)16)18-6-4-2-3-5-7-18/h17H,2-7H2,1H3,(H,19,20)/p-1. The number of aromatic amines is 1. The van der Waals surface area contributed by atoms with Gasteiger partial charge in [-0.25, -0.2) is 0 Å². The third-order valence-corrected chi connectivity index (χ3v) is 3.64. The Morgan fingerprint density at radius 2 is 1.75 bits per heavy atom. The number of halogens is 3. The van der Waals surface area contributed by atoms with E-state index in [1.54, 1.807) is 4.90 Å². The van der Waals surface area contributed by atoms with Crippen molar-refractivity contribution in [2.75, 3.05) is 18.0 Å². The number of hydrogen-bond acceptors (Lipinski definition) is 3. The van der Waals surface area contributed by atoms with Crippen molar-refractivity contribution >= 4 is 11.8 Å². The minimum Gasteiger partial charge on any atom is -0.545 e. The lowest BCUT2D eigenvalue weighted by molar-refractivity contribution is -0.255.